The van der Waals surface area contributed by atoms with Crippen LogP contribution in [0.3, 0.4) is 0 Å². The Labute approximate surface area is 186 Å². The summed E-state index contributed by atoms with van der Waals surface area (Å²) in [4.78, 5) is 22.6. The van der Waals surface area contributed by atoms with E-state index in [2.05, 4.69) is 12.2 Å². The molecular weight excluding hydrogens is 317 g/mol. The van der Waals surface area contributed by atoms with Crippen LogP contribution in [0.15, 0.2) is 0 Å². The molecule has 23 heavy (non-hydrogen) atoms. The quantitative estimate of drug-likeness (QED) is 0.210. The summed E-state index contributed by atoms with van der Waals surface area (Å²) in [5.74, 6) is -0.806. The number of nitrogens with one attached hydrogen (secondary N) is 1. The van der Waals surface area contributed by atoms with Crippen LogP contribution < -0.4 is 56.7 Å². The first-order valence-electron chi connectivity index (χ1n) is 9.08. The van der Waals surface area contributed by atoms with E-state index in [-0.39, 0.29) is 65.2 Å². The minimum atomic E-state index is -0.428. The van der Waals surface area contributed by atoms with Crippen molar-refractivity contribution in [3.63, 3.8) is 0 Å². The Kier molecular flexibility index (Phi) is 23.5. The van der Waals surface area contributed by atoms with Crippen molar-refractivity contribution in [1.82, 2.24) is 5.32 Å². The summed E-state index contributed by atoms with van der Waals surface area (Å²) in [6.45, 7) is 2.79. The third-order valence-corrected chi connectivity index (χ3v) is 3.79. The van der Waals surface area contributed by atoms with Crippen molar-refractivity contribution in [2.24, 2.45) is 0 Å². The fraction of sp³-hybridized carbons (Fsp3) is 0.889. The number of esters is 2. The van der Waals surface area contributed by atoms with Gasteiger partial charge in [-0.05, 0) is 13.5 Å². The molecule has 0 spiro atoms. The molecule has 0 saturated heterocycles. The van der Waals surface area contributed by atoms with Gasteiger partial charge in [-0.15, -0.1) is 0 Å². The van der Waals surface area contributed by atoms with Gasteiger partial charge in [0.15, 0.2) is 0 Å². The SMILES string of the molecule is CCCCCCCCCCCCCC(=O)OC(=O)CCNC.[H-].[K+]. The van der Waals surface area contributed by atoms with E-state index in [0.717, 1.165) is 12.8 Å². The molecule has 5 heteroatoms. The fourth-order valence-corrected chi connectivity index (χ4v) is 2.39. The summed E-state index contributed by atoms with van der Waals surface area (Å²) >= 11 is 0. The Balaban J connectivity index is -0.00000220. The van der Waals surface area contributed by atoms with E-state index in [1.807, 2.05) is 0 Å². The van der Waals surface area contributed by atoms with Gasteiger partial charge in [-0.2, -0.15) is 0 Å². The number of carbonyl (C=O) groups excluding carboxylic acids is 2. The molecule has 0 heterocycles. The first-order chi connectivity index (χ1) is 10.7. The van der Waals surface area contributed by atoms with E-state index in [9.17, 15) is 9.59 Å². The first-order valence-corrected chi connectivity index (χ1v) is 9.08. The molecule has 0 atom stereocenters. The van der Waals surface area contributed by atoms with Crippen LogP contribution in [0.2, 0.25) is 0 Å². The van der Waals surface area contributed by atoms with Crippen molar-refractivity contribution >= 4 is 11.9 Å². The van der Waals surface area contributed by atoms with Crippen LogP contribution in [-0.2, 0) is 14.3 Å². The third-order valence-electron chi connectivity index (χ3n) is 3.79. The van der Waals surface area contributed by atoms with E-state index >= 15 is 0 Å². The molecule has 0 bridgehead atoms. The maximum absolute atomic E-state index is 11.4. The van der Waals surface area contributed by atoms with Crippen LogP contribution in [0.4, 0.5) is 0 Å². The molecular formula is C18H36KNO3. The van der Waals surface area contributed by atoms with Gasteiger partial charge in [-0.3, -0.25) is 9.59 Å². The number of hydrogen-bond donors (Lipinski definition) is 1. The molecule has 0 amide bonds. The second-order valence-corrected chi connectivity index (χ2v) is 5.99. The van der Waals surface area contributed by atoms with Gasteiger partial charge in [-0.1, -0.05) is 71.1 Å². The Bertz CT molecular complexity index is 291. The maximum atomic E-state index is 11.4. The number of carbonyl (C=O) groups is 2. The Morgan fingerprint density at radius 1 is 0.783 bits per heavy atom. The van der Waals surface area contributed by atoms with Crippen LogP contribution in [0.25, 0.3) is 0 Å². The Hall–Kier alpha value is 0.736. The van der Waals surface area contributed by atoms with Crippen molar-refractivity contribution in [2.45, 2.75) is 90.4 Å². The molecule has 0 radical (unpaired) electrons. The zero-order chi connectivity index (χ0) is 16.5. The standard InChI is InChI=1S/C18H35NO3.K.H/c1-3-4-5-6-7-8-9-10-11-12-13-14-17(20)22-18(21)15-16-19-2;;/h19H,3-16H2,1-2H3;;/q;+1;-1. The second-order valence-electron chi connectivity index (χ2n) is 5.99. The molecule has 0 unspecified atom stereocenters. The van der Waals surface area contributed by atoms with E-state index in [1.54, 1.807) is 7.05 Å². The average Bonchev–Trinajstić information content (AvgIpc) is 2.50. The minimum absolute atomic E-state index is 0. The summed E-state index contributed by atoms with van der Waals surface area (Å²) in [5.41, 5.74) is 0. The van der Waals surface area contributed by atoms with E-state index < -0.39 is 5.97 Å². The molecule has 0 fully saturated rings. The molecule has 0 aliphatic rings. The molecule has 0 aliphatic heterocycles. The van der Waals surface area contributed by atoms with E-state index in [4.69, 9.17) is 4.74 Å². The van der Waals surface area contributed by atoms with Crippen LogP contribution in [-0.4, -0.2) is 25.5 Å². The van der Waals surface area contributed by atoms with Gasteiger partial charge >= 0.3 is 63.3 Å². The van der Waals surface area contributed by atoms with Crippen molar-refractivity contribution in [3.05, 3.63) is 0 Å². The number of rotatable bonds is 15. The van der Waals surface area contributed by atoms with E-state index in [0.29, 0.717) is 13.0 Å². The van der Waals surface area contributed by atoms with Crippen LogP contribution in [0, 0.1) is 0 Å². The average molecular weight is 354 g/mol. The Morgan fingerprint density at radius 3 is 1.70 bits per heavy atom. The Morgan fingerprint density at radius 2 is 1.22 bits per heavy atom. The summed E-state index contributed by atoms with van der Waals surface area (Å²) in [7, 11) is 1.76. The summed E-state index contributed by atoms with van der Waals surface area (Å²) in [6.07, 6.45) is 14.4. The molecule has 0 aromatic rings. The fourth-order valence-electron chi connectivity index (χ4n) is 2.39. The first kappa shape index (κ1) is 26.0. The zero-order valence-corrected chi connectivity index (χ0v) is 18.7. The van der Waals surface area contributed by atoms with Crippen LogP contribution in [0.1, 0.15) is 91.8 Å². The zero-order valence-electron chi connectivity index (χ0n) is 16.6. The maximum Gasteiger partial charge on any atom is 1.00 e. The number of unbranched alkanes of at least 4 members (excludes halogenated alkanes) is 10. The van der Waals surface area contributed by atoms with Crippen molar-refractivity contribution in [2.75, 3.05) is 13.6 Å². The van der Waals surface area contributed by atoms with Gasteiger partial charge in [0, 0.05) is 13.0 Å². The molecule has 0 saturated carbocycles. The van der Waals surface area contributed by atoms with Gasteiger partial charge in [0.2, 0.25) is 0 Å². The van der Waals surface area contributed by atoms with Crippen molar-refractivity contribution in [1.29, 1.82) is 0 Å². The smallest absolute Gasteiger partial charge is 1.00 e. The summed E-state index contributed by atoms with van der Waals surface area (Å²) in [6, 6.07) is 0. The molecule has 0 aromatic heterocycles. The van der Waals surface area contributed by atoms with Crippen molar-refractivity contribution < 1.29 is 67.1 Å². The monoisotopic (exact) mass is 353 g/mol. The van der Waals surface area contributed by atoms with Gasteiger partial charge in [-0.25, -0.2) is 0 Å². The molecule has 1 N–H and O–H groups in total. The predicted molar refractivity (Wildman–Crippen MR) is 91.8 cm³/mol. The van der Waals surface area contributed by atoms with Crippen LogP contribution >= 0.6 is 0 Å². The van der Waals surface area contributed by atoms with E-state index in [1.165, 1.54) is 57.8 Å². The van der Waals surface area contributed by atoms with Gasteiger partial charge in [0.05, 0.1) is 6.42 Å². The van der Waals surface area contributed by atoms with Gasteiger partial charge < -0.3 is 11.5 Å². The van der Waals surface area contributed by atoms with Crippen molar-refractivity contribution in [3.8, 4) is 0 Å². The van der Waals surface area contributed by atoms with Gasteiger partial charge in [0.1, 0.15) is 0 Å². The molecule has 4 nitrogen and oxygen atoms in total. The topological polar surface area (TPSA) is 55.4 Å². The number of ether oxygens (including phenoxy) is 1. The summed E-state index contributed by atoms with van der Waals surface area (Å²) in [5, 5.41) is 2.85. The third kappa shape index (κ3) is 20.7. The molecule has 0 aliphatic carbocycles. The van der Waals surface area contributed by atoms with Crippen LogP contribution in [0.5, 0.6) is 0 Å². The summed E-state index contributed by atoms with van der Waals surface area (Å²) < 4.78 is 4.73. The number of hydrogen-bond acceptors (Lipinski definition) is 4. The largest absolute Gasteiger partial charge is 1.00 e. The second kappa shape index (κ2) is 20.8. The molecule has 0 rings (SSSR count). The van der Waals surface area contributed by atoms with Gasteiger partial charge in [0.25, 0.3) is 0 Å². The minimum Gasteiger partial charge on any atom is -1.00 e. The predicted octanol–water partition coefficient (Wildman–Crippen LogP) is 1.48. The normalized spacial score (nSPS) is 10.2. The molecule has 132 valence electrons. The molecule has 0 aromatic carbocycles.